The highest BCUT2D eigenvalue weighted by Crippen LogP contribution is 2.19. The average Bonchev–Trinajstić information content (AvgIpc) is 2.96. The second-order valence-corrected chi connectivity index (χ2v) is 4.83. The Hall–Kier alpha value is -2.27. The number of carbonyl (C=O) groups is 1. The molecule has 0 bridgehead atoms. The Kier molecular flexibility index (Phi) is 5.00. The van der Waals surface area contributed by atoms with E-state index in [-0.39, 0.29) is 12.5 Å². The smallest absolute Gasteiger partial charge is 0.254 e. The van der Waals surface area contributed by atoms with E-state index in [1.54, 1.807) is 13.2 Å². The van der Waals surface area contributed by atoms with Crippen LogP contribution in [0.4, 0.5) is 0 Å². The lowest BCUT2D eigenvalue weighted by Crippen LogP contribution is -2.25. The van der Waals surface area contributed by atoms with Crippen molar-refractivity contribution in [1.82, 2.24) is 5.32 Å². The number of methoxy groups -OCH3 is 1. The highest BCUT2D eigenvalue weighted by molar-refractivity contribution is 5.93. The van der Waals surface area contributed by atoms with Crippen LogP contribution in [0.1, 0.15) is 27.2 Å². The van der Waals surface area contributed by atoms with Crippen LogP contribution >= 0.6 is 0 Å². The van der Waals surface area contributed by atoms with Gasteiger partial charge >= 0.3 is 0 Å². The summed E-state index contributed by atoms with van der Waals surface area (Å²) in [6.07, 6.45) is 2.13. The molecule has 1 amide bonds. The molecule has 21 heavy (non-hydrogen) atoms. The molecular weight excluding hydrogens is 268 g/mol. The fraction of sp³-hybridized carbons (Fsp3) is 0.312. The van der Waals surface area contributed by atoms with Crippen molar-refractivity contribution in [3.05, 3.63) is 53.0 Å². The number of furan rings is 1. The van der Waals surface area contributed by atoms with Crippen molar-refractivity contribution in [2.45, 2.75) is 19.9 Å². The number of nitrogens with one attached hydrogen (secondary N) is 1. The van der Waals surface area contributed by atoms with Gasteiger partial charge < -0.3 is 20.2 Å². The molecule has 0 atom stereocenters. The molecule has 1 heterocycles. The molecule has 5 heteroatoms. The van der Waals surface area contributed by atoms with Crippen LogP contribution < -0.4 is 15.8 Å². The van der Waals surface area contributed by atoms with E-state index in [1.807, 2.05) is 19.1 Å². The highest BCUT2D eigenvalue weighted by atomic mass is 16.5. The van der Waals surface area contributed by atoms with Gasteiger partial charge in [-0.25, -0.2) is 0 Å². The van der Waals surface area contributed by atoms with Gasteiger partial charge in [-0.15, -0.1) is 0 Å². The van der Waals surface area contributed by atoms with Crippen molar-refractivity contribution in [2.24, 2.45) is 5.73 Å². The molecule has 3 N–H and O–H groups in total. The lowest BCUT2D eigenvalue weighted by molar-refractivity contribution is 0.0953. The Bertz CT molecular complexity index is 620. The topological polar surface area (TPSA) is 77.5 Å². The van der Waals surface area contributed by atoms with Gasteiger partial charge in [0.15, 0.2) is 0 Å². The average molecular weight is 288 g/mol. The number of benzene rings is 1. The fourth-order valence-corrected chi connectivity index (χ4v) is 2.12. The van der Waals surface area contributed by atoms with Crippen molar-refractivity contribution in [3.8, 4) is 5.75 Å². The molecule has 1 aromatic carbocycles. The Labute approximate surface area is 124 Å². The highest BCUT2D eigenvalue weighted by Gasteiger charge is 2.10. The minimum atomic E-state index is -0.162. The molecule has 5 nitrogen and oxygen atoms in total. The summed E-state index contributed by atoms with van der Waals surface area (Å²) >= 11 is 0. The van der Waals surface area contributed by atoms with Gasteiger partial charge in [0.1, 0.15) is 17.8 Å². The lowest BCUT2D eigenvalue weighted by Gasteiger charge is -2.10. The van der Waals surface area contributed by atoms with Gasteiger partial charge in [0.25, 0.3) is 5.91 Å². The molecule has 0 aliphatic rings. The number of ether oxygens (including phenoxy) is 1. The normalized spacial score (nSPS) is 10.4. The van der Waals surface area contributed by atoms with Crippen LogP contribution in [-0.4, -0.2) is 19.6 Å². The number of aryl methyl sites for hydroxylation is 1. The zero-order valence-corrected chi connectivity index (χ0v) is 12.3. The number of hydrogen-bond acceptors (Lipinski definition) is 4. The molecule has 0 unspecified atom stereocenters. The zero-order chi connectivity index (χ0) is 15.2. The third-order valence-electron chi connectivity index (χ3n) is 3.23. The summed E-state index contributed by atoms with van der Waals surface area (Å²) in [5.74, 6) is 1.27. The summed E-state index contributed by atoms with van der Waals surface area (Å²) in [6.45, 7) is 2.84. The number of carbonyl (C=O) groups excluding carboxylic acids is 1. The summed E-state index contributed by atoms with van der Waals surface area (Å²) in [6, 6.07) is 7.66. The van der Waals surface area contributed by atoms with Crippen LogP contribution in [0.3, 0.4) is 0 Å². The summed E-state index contributed by atoms with van der Waals surface area (Å²) < 4.78 is 10.5. The van der Waals surface area contributed by atoms with Gasteiger partial charge in [-0.1, -0.05) is 17.7 Å². The van der Waals surface area contributed by atoms with Crippen molar-refractivity contribution in [2.75, 3.05) is 13.7 Å². The Morgan fingerprint density at radius 1 is 1.38 bits per heavy atom. The Morgan fingerprint density at radius 2 is 2.19 bits per heavy atom. The second-order valence-electron chi connectivity index (χ2n) is 4.83. The number of amides is 1. The van der Waals surface area contributed by atoms with E-state index in [0.717, 1.165) is 11.3 Å². The van der Waals surface area contributed by atoms with E-state index in [9.17, 15) is 4.79 Å². The molecule has 0 aliphatic carbocycles. The predicted octanol–water partition coefficient (Wildman–Crippen LogP) is 2.03. The standard InChI is InChI=1S/C16H20N2O3/c1-11-3-4-15(20-2)12(7-11)5-6-18-16(19)13-8-14(9-17)21-10-13/h3-4,7-8,10H,5-6,9,17H2,1-2H3,(H,18,19). The van der Waals surface area contributed by atoms with Crippen LogP contribution in [0.25, 0.3) is 0 Å². The maximum absolute atomic E-state index is 11.9. The number of hydrogen-bond donors (Lipinski definition) is 2. The van der Waals surface area contributed by atoms with Crippen LogP contribution in [0.2, 0.25) is 0 Å². The SMILES string of the molecule is COc1ccc(C)cc1CCNC(=O)c1coc(CN)c1. The molecule has 0 aliphatic heterocycles. The molecule has 0 fully saturated rings. The van der Waals surface area contributed by atoms with Crippen LogP contribution in [-0.2, 0) is 13.0 Å². The van der Waals surface area contributed by atoms with Crippen molar-refractivity contribution >= 4 is 5.91 Å². The van der Waals surface area contributed by atoms with Gasteiger partial charge in [-0.05, 0) is 31.0 Å². The van der Waals surface area contributed by atoms with Crippen LogP contribution in [0, 0.1) is 6.92 Å². The first-order valence-corrected chi connectivity index (χ1v) is 6.83. The van der Waals surface area contributed by atoms with Crippen LogP contribution in [0.15, 0.2) is 34.9 Å². The lowest BCUT2D eigenvalue weighted by atomic mass is 10.1. The summed E-state index contributed by atoms with van der Waals surface area (Å²) in [7, 11) is 1.65. The van der Waals surface area contributed by atoms with Crippen molar-refractivity contribution < 1.29 is 13.9 Å². The quantitative estimate of drug-likeness (QED) is 0.852. The molecule has 112 valence electrons. The number of rotatable bonds is 6. The van der Waals surface area contributed by atoms with E-state index in [4.69, 9.17) is 14.9 Å². The molecule has 2 rings (SSSR count). The maximum atomic E-state index is 11.9. The minimum absolute atomic E-state index is 0.162. The molecule has 0 saturated carbocycles. The van der Waals surface area contributed by atoms with Gasteiger partial charge in [-0.3, -0.25) is 4.79 Å². The Balaban J connectivity index is 1.92. The molecule has 0 spiro atoms. The van der Waals surface area contributed by atoms with Crippen LogP contribution in [0.5, 0.6) is 5.75 Å². The van der Waals surface area contributed by atoms with Crippen molar-refractivity contribution in [3.63, 3.8) is 0 Å². The summed E-state index contributed by atoms with van der Waals surface area (Å²) in [5.41, 5.74) is 8.18. The first-order chi connectivity index (χ1) is 10.1. The maximum Gasteiger partial charge on any atom is 0.254 e. The Morgan fingerprint density at radius 3 is 2.86 bits per heavy atom. The first-order valence-electron chi connectivity index (χ1n) is 6.83. The molecule has 2 aromatic rings. The predicted molar refractivity (Wildman–Crippen MR) is 80.4 cm³/mol. The van der Waals surface area contributed by atoms with E-state index < -0.39 is 0 Å². The minimum Gasteiger partial charge on any atom is -0.496 e. The first kappa shape index (κ1) is 15.1. The third-order valence-corrected chi connectivity index (χ3v) is 3.23. The van der Waals surface area contributed by atoms with E-state index in [0.29, 0.717) is 24.3 Å². The number of nitrogens with two attached hydrogens (primary N) is 1. The van der Waals surface area contributed by atoms with Crippen molar-refractivity contribution in [1.29, 1.82) is 0 Å². The van der Waals surface area contributed by atoms with Gasteiger partial charge in [0, 0.05) is 6.54 Å². The monoisotopic (exact) mass is 288 g/mol. The van der Waals surface area contributed by atoms with E-state index in [1.165, 1.54) is 11.8 Å². The molecule has 0 radical (unpaired) electrons. The fourth-order valence-electron chi connectivity index (χ4n) is 2.12. The molecule has 0 saturated heterocycles. The molecule has 1 aromatic heterocycles. The zero-order valence-electron chi connectivity index (χ0n) is 12.3. The van der Waals surface area contributed by atoms with E-state index in [2.05, 4.69) is 11.4 Å². The third kappa shape index (κ3) is 3.86. The van der Waals surface area contributed by atoms with E-state index >= 15 is 0 Å². The second kappa shape index (κ2) is 6.95. The van der Waals surface area contributed by atoms with Gasteiger partial charge in [0.05, 0.1) is 19.2 Å². The summed E-state index contributed by atoms with van der Waals surface area (Å²) in [4.78, 5) is 11.9. The van der Waals surface area contributed by atoms with Gasteiger partial charge in [0.2, 0.25) is 0 Å². The largest absolute Gasteiger partial charge is 0.496 e. The summed E-state index contributed by atoms with van der Waals surface area (Å²) in [5, 5.41) is 2.86. The molecular formula is C16H20N2O3. The van der Waals surface area contributed by atoms with Gasteiger partial charge in [-0.2, -0.15) is 0 Å².